The van der Waals surface area contributed by atoms with Crippen LogP contribution >= 0.6 is 0 Å². The molecule has 3 heteroatoms. The van der Waals surface area contributed by atoms with Gasteiger partial charge in [-0.05, 0) is 19.3 Å². The second-order valence-corrected chi connectivity index (χ2v) is 4.03. The average molecular weight is 200 g/mol. The summed E-state index contributed by atoms with van der Waals surface area (Å²) in [6, 6.07) is 0. The minimum Gasteiger partial charge on any atom is -0.481 e. The van der Waals surface area contributed by atoms with Crippen LogP contribution in [0, 0.1) is 5.92 Å². The third-order valence-electron chi connectivity index (χ3n) is 2.93. The lowest BCUT2D eigenvalue weighted by Crippen LogP contribution is -2.22. The van der Waals surface area contributed by atoms with Crippen molar-refractivity contribution in [2.24, 2.45) is 5.92 Å². The molecule has 3 unspecified atom stereocenters. The van der Waals surface area contributed by atoms with Gasteiger partial charge in [0.25, 0.3) is 0 Å². The predicted octanol–water partition coefficient (Wildman–Crippen LogP) is 2.44. The van der Waals surface area contributed by atoms with Gasteiger partial charge < -0.3 is 9.84 Å². The number of unbranched alkanes of at least 4 members (excludes halogenated alkanes) is 1. The lowest BCUT2D eigenvalue weighted by Gasteiger charge is -2.12. The normalized spacial score (nSPS) is 32.0. The Morgan fingerprint density at radius 3 is 2.64 bits per heavy atom. The lowest BCUT2D eigenvalue weighted by molar-refractivity contribution is -0.143. The van der Waals surface area contributed by atoms with Crippen LogP contribution in [-0.4, -0.2) is 23.3 Å². The SMILES string of the molecule is CCCCC1CC(C(=O)O)C(CC)O1. The van der Waals surface area contributed by atoms with Gasteiger partial charge in [-0.3, -0.25) is 4.79 Å². The van der Waals surface area contributed by atoms with Crippen LogP contribution < -0.4 is 0 Å². The summed E-state index contributed by atoms with van der Waals surface area (Å²) < 4.78 is 5.71. The molecule has 14 heavy (non-hydrogen) atoms. The Kier molecular flexibility index (Phi) is 4.39. The van der Waals surface area contributed by atoms with Crippen molar-refractivity contribution in [2.75, 3.05) is 0 Å². The van der Waals surface area contributed by atoms with Gasteiger partial charge in [-0.25, -0.2) is 0 Å². The lowest BCUT2D eigenvalue weighted by atomic mass is 9.96. The Labute approximate surface area is 85.5 Å². The molecule has 0 bridgehead atoms. The largest absolute Gasteiger partial charge is 0.481 e. The van der Waals surface area contributed by atoms with Gasteiger partial charge in [-0.1, -0.05) is 26.7 Å². The summed E-state index contributed by atoms with van der Waals surface area (Å²) in [6.45, 7) is 4.13. The maximum Gasteiger partial charge on any atom is 0.309 e. The van der Waals surface area contributed by atoms with Crippen molar-refractivity contribution >= 4 is 5.97 Å². The number of carbonyl (C=O) groups is 1. The fourth-order valence-corrected chi connectivity index (χ4v) is 2.09. The van der Waals surface area contributed by atoms with Gasteiger partial charge in [0.1, 0.15) is 0 Å². The molecule has 1 aliphatic heterocycles. The molecule has 3 atom stereocenters. The van der Waals surface area contributed by atoms with Gasteiger partial charge in [0.15, 0.2) is 0 Å². The molecule has 0 aromatic heterocycles. The molecular weight excluding hydrogens is 180 g/mol. The van der Waals surface area contributed by atoms with Crippen molar-refractivity contribution in [1.29, 1.82) is 0 Å². The van der Waals surface area contributed by atoms with Crippen LogP contribution in [0.5, 0.6) is 0 Å². The zero-order valence-electron chi connectivity index (χ0n) is 9.03. The molecule has 1 aliphatic rings. The van der Waals surface area contributed by atoms with E-state index in [0.29, 0.717) is 6.42 Å². The number of hydrogen-bond donors (Lipinski definition) is 1. The molecule has 0 aliphatic carbocycles. The Morgan fingerprint density at radius 1 is 1.50 bits per heavy atom. The quantitative estimate of drug-likeness (QED) is 0.741. The molecule has 1 saturated heterocycles. The maximum absolute atomic E-state index is 10.9. The summed E-state index contributed by atoms with van der Waals surface area (Å²) in [5.41, 5.74) is 0. The molecule has 82 valence electrons. The maximum atomic E-state index is 10.9. The van der Waals surface area contributed by atoms with Crippen LogP contribution in [0.4, 0.5) is 0 Å². The Bertz CT molecular complexity index is 191. The van der Waals surface area contributed by atoms with Crippen LogP contribution in [0.2, 0.25) is 0 Å². The van der Waals surface area contributed by atoms with E-state index < -0.39 is 5.97 Å². The number of rotatable bonds is 5. The van der Waals surface area contributed by atoms with E-state index in [1.54, 1.807) is 0 Å². The summed E-state index contributed by atoms with van der Waals surface area (Å²) in [5.74, 6) is -0.974. The molecule has 0 aromatic carbocycles. The van der Waals surface area contributed by atoms with E-state index in [9.17, 15) is 4.79 Å². The summed E-state index contributed by atoms with van der Waals surface area (Å²) in [6.07, 6.45) is 4.92. The zero-order chi connectivity index (χ0) is 10.6. The highest BCUT2D eigenvalue weighted by Crippen LogP contribution is 2.31. The van der Waals surface area contributed by atoms with Gasteiger partial charge in [-0.2, -0.15) is 0 Å². The van der Waals surface area contributed by atoms with Crippen molar-refractivity contribution in [3.63, 3.8) is 0 Å². The van der Waals surface area contributed by atoms with Crippen molar-refractivity contribution < 1.29 is 14.6 Å². The minimum atomic E-state index is -0.698. The van der Waals surface area contributed by atoms with Gasteiger partial charge in [0, 0.05) is 0 Å². The standard InChI is InChI=1S/C11H20O3/c1-3-5-6-8-7-9(11(12)13)10(4-2)14-8/h8-10H,3-7H2,1-2H3,(H,12,13). The monoisotopic (exact) mass is 200 g/mol. The van der Waals surface area contributed by atoms with Crippen molar-refractivity contribution in [3.8, 4) is 0 Å². The van der Waals surface area contributed by atoms with Gasteiger partial charge >= 0.3 is 5.97 Å². The zero-order valence-corrected chi connectivity index (χ0v) is 9.03. The molecule has 0 aromatic rings. The predicted molar refractivity (Wildman–Crippen MR) is 54.2 cm³/mol. The smallest absolute Gasteiger partial charge is 0.309 e. The van der Waals surface area contributed by atoms with E-state index >= 15 is 0 Å². The number of carboxylic acid groups (broad SMARTS) is 1. The van der Waals surface area contributed by atoms with Crippen LogP contribution in [-0.2, 0) is 9.53 Å². The number of ether oxygens (including phenoxy) is 1. The van der Waals surface area contributed by atoms with Gasteiger partial charge in [0.05, 0.1) is 18.1 Å². The fraction of sp³-hybridized carbons (Fsp3) is 0.909. The molecule has 0 amide bonds. The Hall–Kier alpha value is -0.570. The molecule has 0 spiro atoms. The first-order valence-electron chi connectivity index (χ1n) is 5.57. The second kappa shape index (κ2) is 5.35. The molecule has 1 heterocycles. The van der Waals surface area contributed by atoms with Crippen molar-refractivity contribution in [3.05, 3.63) is 0 Å². The molecule has 3 nitrogen and oxygen atoms in total. The van der Waals surface area contributed by atoms with Crippen LogP contribution in [0.3, 0.4) is 0 Å². The average Bonchev–Trinajstić information content (AvgIpc) is 2.57. The Balaban J connectivity index is 2.43. The second-order valence-electron chi connectivity index (χ2n) is 4.03. The van der Waals surface area contributed by atoms with E-state index in [4.69, 9.17) is 9.84 Å². The minimum absolute atomic E-state index is 0.0608. The third kappa shape index (κ3) is 2.71. The van der Waals surface area contributed by atoms with Crippen molar-refractivity contribution in [1.82, 2.24) is 0 Å². The highest BCUT2D eigenvalue weighted by molar-refractivity contribution is 5.71. The first kappa shape index (κ1) is 11.5. The number of aliphatic carboxylic acids is 1. The number of hydrogen-bond acceptors (Lipinski definition) is 2. The van der Waals surface area contributed by atoms with E-state index in [1.807, 2.05) is 6.92 Å². The first-order valence-corrected chi connectivity index (χ1v) is 5.57. The fourth-order valence-electron chi connectivity index (χ4n) is 2.09. The summed E-state index contributed by atoms with van der Waals surface area (Å²) in [5, 5.41) is 8.98. The van der Waals surface area contributed by atoms with E-state index in [-0.39, 0.29) is 18.1 Å². The molecule has 0 radical (unpaired) electrons. The topological polar surface area (TPSA) is 46.5 Å². The van der Waals surface area contributed by atoms with E-state index in [2.05, 4.69) is 6.92 Å². The van der Waals surface area contributed by atoms with Crippen LogP contribution in [0.15, 0.2) is 0 Å². The van der Waals surface area contributed by atoms with Crippen LogP contribution in [0.25, 0.3) is 0 Å². The highest BCUT2D eigenvalue weighted by atomic mass is 16.5. The molecule has 1 rings (SSSR count). The molecule has 1 fully saturated rings. The Morgan fingerprint density at radius 2 is 2.21 bits per heavy atom. The van der Waals surface area contributed by atoms with Gasteiger partial charge in [0.2, 0.25) is 0 Å². The highest BCUT2D eigenvalue weighted by Gasteiger charge is 2.38. The summed E-state index contributed by atoms with van der Waals surface area (Å²) in [4.78, 5) is 10.9. The summed E-state index contributed by atoms with van der Waals surface area (Å²) in [7, 11) is 0. The van der Waals surface area contributed by atoms with E-state index in [1.165, 1.54) is 0 Å². The molecule has 0 saturated carbocycles. The summed E-state index contributed by atoms with van der Waals surface area (Å²) >= 11 is 0. The first-order chi connectivity index (χ1) is 6.69. The molecule has 1 N–H and O–H groups in total. The third-order valence-corrected chi connectivity index (χ3v) is 2.93. The van der Waals surface area contributed by atoms with E-state index in [0.717, 1.165) is 25.7 Å². The number of carboxylic acids is 1. The van der Waals surface area contributed by atoms with Gasteiger partial charge in [-0.15, -0.1) is 0 Å². The molecular formula is C11H20O3. The van der Waals surface area contributed by atoms with Crippen molar-refractivity contribution in [2.45, 2.75) is 58.2 Å². The van der Waals surface area contributed by atoms with Crippen LogP contribution in [0.1, 0.15) is 46.0 Å².